The average Bonchev–Trinajstić information content (AvgIpc) is 3.27. The predicted octanol–water partition coefficient (Wildman–Crippen LogP) is 5.81. The maximum Gasteiger partial charge on any atom is 0.261 e. The summed E-state index contributed by atoms with van der Waals surface area (Å²) in [6.45, 7) is 3.59. The third kappa shape index (κ3) is 6.53. The van der Waals surface area contributed by atoms with Crippen LogP contribution in [0.5, 0.6) is 5.75 Å². The van der Waals surface area contributed by atoms with Crippen LogP contribution in [0.25, 0.3) is 0 Å². The second-order valence-corrected chi connectivity index (χ2v) is 9.36. The summed E-state index contributed by atoms with van der Waals surface area (Å²) in [6.07, 6.45) is 4.16. The topological polar surface area (TPSA) is 58.6 Å². The van der Waals surface area contributed by atoms with Crippen molar-refractivity contribution in [1.82, 2.24) is 10.2 Å². The molecule has 1 atom stereocenters. The molecule has 2 aromatic carbocycles. The Morgan fingerprint density at radius 1 is 1.06 bits per heavy atom. The average molecular weight is 498 g/mol. The molecular weight excluding hydrogens is 471 g/mol. The van der Waals surface area contributed by atoms with Gasteiger partial charge in [0.05, 0.1) is 10.0 Å². The molecule has 1 N–H and O–H groups in total. The summed E-state index contributed by atoms with van der Waals surface area (Å²) in [5, 5.41) is 4.53. The van der Waals surface area contributed by atoms with E-state index in [1.165, 1.54) is 4.90 Å². The van der Waals surface area contributed by atoms with Crippen molar-refractivity contribution in [2.45, 2.75) is 58.2 Å². The van der Waals surface area contributed by atoms with E-state index in [1.807, 2.05) is 6.92 Å². The van der Waals surface area contributed by atoms with E-state index < -0.39 is 6.04 Å². The van der Waals surface area contributed by atoms with Gasteiger partial charge in [0.1, 0.15) is 11.8 Å². The molecule has 3 rings (SSSR count). The fraction of sp³-hybridized carbons (Fsp3) is 0.417. The van der Waals surface area contributed by atoms with Crippen LogP contribution in [-0.2, 0) is 16.1 Å². The fourth-order valence-electron chi connectivity index (χ4n) is 3.74. The van der Waals surface area contributed by atoms with Gasteiger partial charge in [-0.2, -0.15) is 0 Å². The Balaban J connectivity index is 1.74. The van der Waals surface area contributed by atoms with Gasteiger partial charge in [-0.15, -0.1) is 0 Å². The number of rotatable bonds is 8. The van der Waals surface area contributed by atoms with Crippen molar-refractivity contribution in [3.05, 3.63) is 62.6 Å². The number of benzene rings is 2. The van der Waals surface area contributed by atoms with Crippen LogP contribution in [0.1, 0.15) is 43.7 Å². The zero-order valence-electron chi connectivity index (χ0n) is 18.2. The summed E-state index contributed by atoms with van der Waals surface area (Å²) in [4.78, 5) is 27.6. The number of aryl methyl sites for hydroxylation is 1. The van der Waals surface area contributed by atoms with Crippen LogP contribution in [0.4, 0.5) is 0 Å². The Morgan fingerprint density at radius 3 is 2.41 bits per heavy atom. The molecule has 2 amide bonds. The third-order valence-electron chi connectivity index (χ3n) is 5.70. The molecular formula is C24H27Cl3N2O3. The molecule has 1 fully saturated rings. The first kappa shape index (κ1) is 24.7. The molecule has 5 nitrogen and oxygen atoms in total. The summed E-state index contributed by atoms with van der Waals surface area (Å²) >= 11 is 18.2. The number of nitrogens with zero attached hydrogens (tertiary/aromatic N) is 1. The molecule has 8 heteroatoms. The highest BCUT2D eigenvalue weighted by atomic mass is 35.5. The Morgan fingerprint density at radius 2 is 1.75 bits per heavy atom. The second-order valence-electron chi connectivity index (χ2n) is 8.14. The SMILES string of the molecule is Cc1cc(OCC(=O)N(Cc2ccc(Cl)c(Cl)c2)[C@@H](C)C(=O)NC2CCCC2)ccc1Cl. The van der Waals surface area contributed by atoms with Crippen molar-refractivity contribution in [3.63, 3.8) is 0 Å². The van der Waals surface area contributed by atoms with E-state index >= 15 is 0 Å². The maximum absolute atomic E-state index is 13.1. The van der Waals surface area contributed by atoms with Crippen LogP contribution in [0, 0.1) is 6.92 Å². The lowest BCUT2D eigenvalue weighted by Crippen LogP contribution is -2.50. The van der Waals surface area contributed by atoms with Crippen molar-refractivity contribution in [3.8, 4) is 5.75 Å². The molecule has 0 aliphatic heterocycles. The zero-order chi connectivity index (χ0) is 23.3. The molecule has 2 aromatic rings. The van der Waals surface area contributed by atoms with Crippen molar-refractivity contribution in [1.29, 1.82) is 0 Å². The Bertz CT molecular complexity index is 977. The van der Waals surface area contributed by atoms with Crippen LogP contribution >= 0.6 is 34.8 Å². The second kappa shape index (κ2) is 11.3. The summed E-state index contributed by atoms with van der Waals surface area (Å²) < 4.78 is 5.70. The van der Waals surface area contributed by atoms with Crippen molar-refractivity contribution in [2.24, 2.45) is 0 Å². The first-order valence-electron chi connectivity index (χ1n) is 10.7. The summed E-state index contributed by atoms with van der Waals surface area (Å²) in [7, 11) is 0. The highest BCUT2D eigenvalue weighted by molar-refractivity contribution is 6.42. The van der Waals surface area contributed by atoms with Gasteiger partial charge in [-0.05, 0) is 68.1 Å². The first-order chi connectivity index (χ1) is 15.2. The number of carbonyl (C=O) groups is 2. The van der Waals surface area contributed by atoms with Crippen molar-refractivity contribution in [2.75, 3.05) is 6.61 Å². The number of ether oxygens (including phenoxy) is 1. The van der Waals surface area contributed by atoms with E-state index in [2.05, 4.69) is 5.32 Å². The zero-order valence-corrected chi connectivity index (χ0v) is 20.4. The van der Waals surface area contributed by atoms with E-state index in [0.29, 0.717) is 20.8 Å². The van der Waals surface area contributed by atoms with Gasteiger partial charge in [0.2, 0.25) is 5.91 Å². The van der Waals surface area contributed by atoms with E-state index in [0.717, 1.165) is 36.8 Å². The quantitative estimate of drug-likeness (QED) is 0.501. The minimum Gasteiger partial charge on any atom is -0.484 e. The van der Waals surface area contributed by atoms with Crippen molar-refractivity contribution < 1.29 is 14.3 Å². The molecule has 0 unspecified atom stereocenters. The van der Waals surface area contributed by atoms with Gasteiger partial charge in [0, 0.05) is 17.6 Å². The number of nitrogens with one attached hydrogen (secondary N) is 1. The number of carbonyl (C=O) groups excluding carboxylic acids is 2. The Labute approximate surface area is 204 Å². The van der Waals surface area contributed by atoms with E-state index in [9.17, 15) is 9.59 Å². The highest BCUT2D eigenvalue weighted by Crippen LogP contribution is 2.25. The highest BCUT2D eigenvalue weighted by Gasteiger charge is 2.29. The summed E-state index contributed by atoms with van der Waals surface area (Å²) in [5.41, 5.74) is 1.63. The van der Waals surface area contributed by atoms with Gasteiger partial charge in [-0.3, -0.25) is 9.59 Å². The smallest absolute Gasteiger partial charge is 0.261 e. The van der Waals surface area contributed by atoms with Crippen molar-refractivity contribution >= 4 is 46.6 Å². The molecule has 0 bridgehead atoms. The molecule has 0 saturated heterocycles. The lowest BCUT2D eigenvalue weighted by molar-refractivity contribution is -0.142. The van der Waals surface area contributed by atoms with E-state index in [-0.39, 0.29) is 31.0 Å². The van der Waals surface area contributed by atoms with Crippen LogP contribution in [0.3, 0.4) is 0 Å². The normalized spacial score (nSPS) is 14.8. The fourth-order valence-corrected chi connectivity index (χ4v) is 4.18. The molecule has 172 valence electrons. The molecule has 0 heterocycles. The van der Waals surface area contributed by atoms with Crippen LogP contribution < -0.4 is 10.1 Å². The molecule has 1 aliphatic rings. The monoisotopic (exact) mass is 496 g/mol. The van der Waals surface area contributed by atoms with Gasteiger partial charge in [0.15, 0.2) is 6.61 Å². The molecule has 0 aromatic heterocycles. The molecule has 1 aliphatic carbocycles. The minimum atomic E-state index is -0.673. The molecule has 1 saturated carbocycles. The van der Waals surface area contributed by atoms with Gasteiger partial charge in [0.25, 0.3) is 5.91 Å². The lowest BCUT2D eigenvalue weighted by atomic mass is 10.1. The standard InChI is InChI=1S/C24H27Cl3N2O3/c1-15-11-19(8-10-20(15)25)32-14-23(30)29(13-17-7-9-21(26)22(27)12-17)16(2)24(31)28-18-5-3-4-6-18/h7-12,16,18H,3-6,13-14H2,1-2H3,(H,28,31)/t16-/m0/s1. The van der Waals surface area contributed by atoms with Gasteiger partial charge in [-0.1, -0.05) is 53.7 Å². The predicted molar refractivity (Wildman–Crippen MR) is 129 cm³/mol. The summed E-state index contributed by atoms with van der Waals surface area (Å²) in [6, 6.07) is 9.87. The van der Waals surface area contributed by atoms with Gasteiger partial charge >= 0.3 is 0 Å². The van der Waals surface area contributed by atoms with E-state index in [1.54, 1.807) is 43.3 Å². The lowest BCUT2D eigenvalue weighted by Gasteiger charge is -2.29. The number of halogens is 3. The summed E-state index contributed by atoms with van der Waals surface area (Å²) in [5.74, 6) is 0.0585. The minimum absolute atomic E-state index is 0.167. The van der Waals surface area contributed by atoms with Gasteiger partial charge < -0.3 is 15.0 Å². The molecule has 32 heavy (non-hydrogen) atoms. The van der Waals surface area contributed by atoms with Gasteiger partial charge in [-0.25, -0.2) is 0 Å². The Kier molecular flexibility index (Phi) is 8.69. The molecule has 0 spiro atoms. The van der Waals surface area contributed by atoms with Crippen LogP contribution in [-0.4, -0.2) is 35.4 Å². The van der Waals surface area contributed by atoms with Crippen LogP contribution in [0.15, 0.2) is 36.4 Å². The van der Waals surface area contributed by atoms with E-state index in [4.69, 9.17) is 39.5 Å². The largest absolute Gasteiger partial charge is 0.484 e. The first-order valence-corrected chi connectivity index (χ1v) is 11.8. The number of hydrogen-bond acceptors (Lipinski definition) is 3. The Hall–Kier alpha value is -1.95. The van der Waals surface area contributed by atoms with Crippen LogP contribution in [0.2, 0.25) is 15.1 Å². The number of hydrogen-bond donors (Lipinski definition) is 1. The maximum atomic E-state index is 13.1. The third-order valence-corrected chi connectivity index (χ3v) is 6.86. The number of amides is 2. The molecule has 0 radical (unpaired) electrons.